The highest BCUT2D eigenvalue weighted by Gasteiger charge is 2.39. The maximum atomic E-state index is 12.7. The van der Waals surface area contributed by atoms with E-state index in [1.807, 2.05) is 6.07 Å². The van der Waals surface area contributed by atoms with Gasteiger partial charge in [-0.25, -0.2) is 0 Å². The minimum atomic E-state index is -4.35. The maximum Gasteiger partial charge on any atom is 0.414 e. The normalized spacial score (nSPS) is 18.9. The van der Waals surface area contributed by atoms with E-state index in [2.05, 4.69) is 21.2 Å². The van der Waals surface area contributed by atoms with Crippen LogP contribution in [-0.4, -0.2) is 24.9 Å². The quantitative estimate of drug-likeness (QED) is 0.828. The van der Waals surface area contributed by atoms with Crippen molar-refractivity contribution in [1.82, 2.24) is 5.32 Å². The van der Waals surface area contributed by atoms with Crippen molar-refractivity contribution in [3.8, 4) is 0 Å². The lowest BCUT2D eigenvalue weighted by Crippen LogP contribution is -2.34. The molecule has 0 heterocycles. The summed E-state index contributed by atoms with van der Waals surface area (Å²) in [4.78, 5) is 0. The Balaban J connectivity index is 2.09. The van der Waals surface area contributed by atoms with Crippen molar-refractivity contribution in [2.45, 2.75) is 44.2 Å². The third kappa shape index (κ3) is 4.46. The van der Waals surface area contributed by atoms with Gasteiger partial charge in [0.1, 0.15) is 0 Å². The zero-order chi connectivity index (χ0) is 14.8. The number of ether oxygens (including phenoxy) is 1. The predicted molar refractivity (Wildman–Crippen MR) is 74.5 cm³/mol. The van der Waals surface area contributed by atoms with Gasteiger partial charge in [-0.05, 0) is 31.4 Å². The number of rotatable bonds is 6. The van der Waals surface area contributed by atoms with Gasteiger partial charge < -0.3 is 10.1 Å². The van der Waals surface area contributed by atoms with E-state index < -0.39 is 18.4 Å². The molecule has 112 valence electrons. The summed E-state index contributed by atoms with van der Waals surface area (Å²) in [6.07, 6.45) is -4.60. The molecule has 1 aliphatic rings. The molecule has 0 aliphatic heterocycles. The average Bonchev–Trinajstić information content (AvgIpc) is 3.18. The van der Waals surface area contributed by atoms with E-state index in [4.69, 9.17) is 4.74 Å². The van der Waals surface area contributed by atoms with Gasteiger partial charge in [0.05, 0.1) is 6.10 Å². The van der Waals surface area contributed by atoms with Crippen LogP contribution in [-0.2, 0) is 4.74 Å². The largest absolute Gasteiger partial charge is 0.414 e. The molecule has 2 nitrogen and oxygen atoms in total. The van der Waals surface area contributed by atoms with E-state index >= 15 is 0 Å². The molecule has 1 aliphatic carbocycles. The number of halogens is 4. The van der Waals surface area contributed by atoms with Crippen molar-refractivity contribution in [3.05, 3.63) is 34.3 Å². The molecule has 2 rings (SSSR count). The van der Waals surface area contributed by atoms with Crippen molar-refractivity contribution >= 4 is 15.9 Å². The first-order chi connectivity index (χ1) is 9.38. The van der Waals surface area contributed by atoms with Gasteiger partial charge in [-0.3, -0.25) is 0 Å². The topological polar surface area (TPSA) is 21.3 Å². The Morgan fingerprint density at radius 3 is 2.55 bits per heavy atom. The second-order valence-electron chi connectivity index (χ2n) is 5.01. The minimum absolute atomic E-state index is 0.383. The van der Waals surface area contributed by atoms with Gasteiger partial charge in [0.25, 0.3) is 0 Å². The summed E-state index contributed by atoms with van der Waals surface area (Å²) in [6, 6.07) is 7.63. The van der Waals surface area contributed by atoms with Crippen LogP contribution in [0.4, 0.5) is 13.2 Å². The predicted octanol–water partition coefficient (Wildman–Crippen LogP) is 4.21. The summed E-state index contributed by atoms with van der Waals surface area (Å²) in [6.45, 7) is 1.43. The molecule has 0 bridgehead atoms. The van der Waals surface area contributed by atoms with E-state index in [0.717, 1.165) is 29.8 Å². The number of alkyl halides is 3. The third-order valence-corrected chi connectivity index (χ3v) is 3.97. The van der Waals surface area contributed by atoms with E-state index in [-0.39, 0.29) is 0 Å². The molecule has 1 aromatic rings. The summed E-state index contributed by atoms with van der Waals surface area (Å²) in [7, 11) is 0. The van der Waals surface area contributed by atoms with Gasteiger partial charge in [0.2, 0.25) is 0 Å². The van der Waals surface area contributed by atoms with Gasteiger partial charge in [-0.1, -0.05) is 34.1 Å². The van der Waals surface area contributed by atoms with Crippen LogP contribution in [0.3, 0.4) is 0 Å². The number of hydrogen-bond acceptors (Lipinski definition) is 2. The molecule has 1 saturated carbocycles. The lowest BCUT2D eigenvalue weighted by Gasteiger charge is -2.25. The van der Waals surface area contributed by atoms with Gasteiger partial charge in [-0.2, -0.15) is 13.2 Å². The molecule has 0 aromatic heterocycles. The molecule has 1 fully saturated rings. The highest BCUT2D eigenvalue weighted by atomic mass is 79.9. The highest BCUT2D eigenvalue weighted by Crippen LogP contribution is 2.32. The maximum absolute atomic E-state index is 12.7. The van der Waals surface area contributed by atoms with Gasteiger partial charge in [0.15, 0.2) is 6.10 Å². The molecule has 0 saturated heterocycles. The summed E-state index contributed by atoms with van der Waals surface area (Å²) in [5.41, 5.74) is 0.733. The van der Waals surface area contributed by atoms with Crippen molar-refractivity contribution in [1.29, 1.82) is 0 Å². The second kappa shape index (κ2) is 6.45. The van der Waals surface area contributed by atoms with E-state index in [9.17, 15) is 13.2 Å². The van der Waals surface area contributed by atoms with Crippen LogP contribution in [0.25, 0.3) is 0 Å². The van der Waals surface area contributed by atoms with Crippen molar-refractivity contribution in [2.75, 3.05) is 6.54 Å². The van der Waals surface area contributed by atoms with Crippen molar-refractivity contribution in [3.63, 3.8) is 0 Å². The first-order valence-corrected chi connectivity index (χ1v) is 7.37. The van der Waals surface area contributed by atoms with E-state index in [0.29, 0.717) is 12.6 Å². The fraction of sp³-hybridized carbons (Fsp3) is 0.571. The molecular formula is C14H17BrF3NO. The number of nitrogens with one attached hydrogen (secondary N) is 1. The smallest absolute Gasteiger partial charge is 0.360 e. The molecule has 6 heteroatoms. The Labute approximate surface area is 124 Å². The lowest BCUT2D eigenvalue weighted by atomic mass is 10.1. The van der Waals surface area contributed by atoms with Crippen molar-refractivity contribution in [2.24, 2.45) is 0 Å². The van der Waals surface area contributed by atoms with Crippen molar-refractivity contribution < 1.29 is 17.9 Å². The summed E-state index contributed by atoms with van der Waals surface area (Å²) in [5, 5.41) is 3.23. The van der Waals surface area contributed by atoms with E-state index in [1.165, 1.54) is 0 Å². The lowest BCUT2D eigenvalue weighted by molar-refractivity contribution is -0.227. The van der Waals surface area contributed by atoms with Gasteiger partial charge in [-0.15, -0.1) is 0 Å². The Morgan fingerprint density at radius 1 is 1.35 bits per heavy atom. The van der Waals surface area contributed by atoms with Gasteiger partial charge >= 0.3 is 6.18 Å². The monoisotopic (exact) mass is 351 g/mol. The third-order valence-electron chi connectivity index (χ3n) is 3.25. The molecule has 0 amide bonds. The van der Waals surface area contributed by atoms with Gasteiger partial charge in [0, 0.05) is 17.1 Å². The van der Waals surface area contributed by atoms with Crippen LogP contribution in [0.1, 0.15) is 31.4 Å². The standard InChI is InChI=1S/C14H17BrF3NO/c1-9(14(16,17)18)20-13(8-19-10-6-7-10)11-4-2-3-5-12(11)15/h2-5,9-10,13,19H,6-8H2,1H3. The first-order valence-electron chi connectivity index (χ1n) is 6.58. The summed E-state index contributed by atoms with van der Waals surface area (Å²) in [5.74, 6) is 0. The van der Waals surface area contributed by atoms with Crippen LogP contribution in [0, 0.1) is 0 Å². The fourth-order valence-electron chi connectivity index (χ4n) is 1.85. The molecule has 20 heavy (non-hydrogen) atoms. The van der Waals surface area contributed by atoms with E-state index in [1.54, 1.807) is 18.2 Å². The molecule has 1 N–H and O–H groups in total. The van der Waals surface area contributed by atoms with Crippen LogP contribution in [0.2, 0.25) is 0 Å². The summed E-state index contributed by atoms with van der Waals surface area (Å²) >= 11 is 3.37. The Bertz CT molecular complexity index is 448. The van der Waals surface area contributed by atoms with Crippen LogP contribution in [0.5, 0.6) is 0 Å². The zero-order valence-corrected chi connectivity index (χ0v) is 12.7. The zero-order valence-electron chi connectivity index (χ0n) is 11.1. The molecule has 1 aromatic carbocycles. The molecule has 0 spiro atoms. The van der Waals surface area contributed by atoms with Crippen LogP contribution >= 0.6 is 15.9 Å². The molecule has 2 atom stereocenters. The van der Waals surface area contributed by atoms with Crippen LogP contribution in [0.15, 0.2) is 28.7 Å². The Kier molecular flexibility index (Phi) is 5.09. The fourth-order valence-corrected chi connectivity index (χ4v) is 2.39. The average molecular weight is 352 g/mol. The minimum Gasteiger partial charge on any atom is -0.360 e. The molecule has 2 unspecified atom stereocenters. The molecular weight excluding hydrogens is 335 g/mol. The first kappa shape index (κ1) is 15.8. The number of hydrogen-bond donors (Lipinski definition) is 1. The Morgan fingerprint density at radius 2 is 2.00 bits per heavy atom. The Hall–Kier alpha value is -0.590. The molecule has 0 radical (unpaired) electrons. The second-order valence-corrected chi connectivity index (χ2v) is 5.87. The van der Waals surface area contributed by atoms with Crippen LogP contribution < -0.4 is 5.32 Å². The highest BCUT2D eigenvalue weighted by molar-refractivity contribution is 9.10. The SMILES string of the molecule is CC(OC(CNC1CC1)c1ccccc1Br)C(F)(F)F. The summed E-state index contributed by atoms with van der Waals surface area (Å²) < 4.78 is 44.0. The number of benzene rings is 1.